The summed E-state index contributed by atoms with van der Waals surface area (Å²) >= 11 is 0. The Morgan fingerprint density at radius 2 is 2.11 bits per heavy atom. The number of carbonyl (C=O) groups is 2. The zero-order valence-corrected chi connectivity index (χ0v) is 10.6. The van der Waals surface area contributed by atoms with Gasteiger partial charge in [-0.1, -0.05) is 18.2 Å². The predicted molar refractivity (Wildman–Crippen MR) is 69.0 cm³/mol. The summed E-state index contributed by atoms with van der Waals surface area (Å²) in [5, 5.41) is 0. The second kappa shape index (κ2) is 4.78. The zero-order chi connectivity index (χ0) is 13.3. The molecule has 18 heavy (non-hydrogen) atoms. The van der Waals surface area contributed by atoms with Crippen molar-refractivity contribution < 1.29 is 9.59 Å². The Labute approximate surface area is 106 Å². The molecule has 0 radical (unpaired) electrons. The first-order valence-corrected chi connectivity index (χ1v) is 5.96. The van der Waals surface area contributed by atoms with Crippen LogP contribution in [0.5, 0.6) is 0 Å². The van der Waals surface area contributed by atoms with E-state index >= 15 is 0 Å². The third kappa shape index (κ3) is 1.97. The number of nitrogens with zero attached hydrogens (tertiary/aromatic N) is 2. The standard InChI is InChI=1S/C13H17N3O2/c1-3-15(2)11(17)8-16-10-7-5-4-6-9(10)12(14)13(16)18/h4-7,12H,3,8,14H2,1-2H3. The molecule has 1 unspecified atom stereocenters. The van der Waals surface area contributed by atoms with Crippen LogP contribution in [0.1, 0.15) is 18.5 Å². The zero-order valence-electron chi connectivity index (χ0n) is 10.6. The van der Waals surface area contributed by atoms with Gasteiger partial charge < -0.3 is 15.5 Å². The number of carbonyl (C=O) groups excluding carboxylic acids is 2. The number of hydrogen-bond acceptors (Lipinski definition) is 3. The maximum Gasteiger partial charge on any atom is 0.249 e. The van der Waals surface area contributed by atoms with Crippen molar-refractivity contribution in [3.8, 4) is 0 Å². The van der Waals surface area contributed by atoms with Gasteiger partial charge in [0.2, 0.25) is 11.8 Å². The number of hydrogen-bond donors (Lipinski definition) is 1. The molecule has 1 aromatic carbocycles. The lowest BCUT2D eigenvalue weighted by Crippen LogP contribution is -2.41. The van der Waals surface area contributed by atoms with Crippen LogP contribution >= 0.6 is 0 Å². The van der Waals surface area contributed by atoms with Crippen molar-refractivity contribution >= 4 is 17.5 Å². The molecule has 1 aliphatic rings. The normalized spacial score (nSPS) is 17.8. The highest BCUT2D eigenvalue weighted by atomic mass is 16.2. The molecular formula is C13H17N3O2. The summed E-state index contributed by atoms with van der Waals surface area (Å²) in [6.45, 7) is 2.56. The van der Waals surface area contributed by atoms with E-state index in [1.165, 1.54) is 4.90 Å². The van der Waals surface area contributed by atoms with Crippen molar-refractivity contribution in [2.24, 2.45) is 5.73 Å². The summed E-state index contributed by atoms with van der Waals surface area (Å²) < 4.78 is 0. The lowest BCUT2D eigenvalue weighted by Gasteiger charge is -2.21. The van der Waals surface area contributed by atoms with E-state index in [-0.39, 0.29) is 18.4 Å². The van der Waals surface area contributed by atoms with Crippen LogP contribution in [-0.2, 0) is 9.59 Å². The first kappa shape index (κ1) is 12.6. The van der Waals surface area contributed by atoms with Gasteiger partial charge in [-0.15, -0.1) is 0 Å². The Morgan fingerprint density at radius 1 is 1.44 bits per heavy atom. The molecule has 0 saturated carbocycles. The maximum atomic E-state index is 12.0. The number of amides is 2. The minimum atomic E-state index is -0.652. The van der Waals surface area contributed by atoms with Crippen LogP contribution < -0.4 is 10.6 Å². The van der Waals surface area contributed by atoms with Gasteiger partial charge >= 0.3 is 0 Å². The highest BCUT2D eigenvalue weighted by molar-refractivity contribution is 6.07. The summed E-state index contributed by atoms with van der Waals surface area (Å²) in [4.78, 5) is 27.0. The molecule has 0 aromatic heterocycles. The summed E-state index contributed by atoms with van der Waals surface area (Å²) in [6.07, 6.45) is 0. The van der Waals surface area contributed by atoms with Crippen molar-refractivity contribution in [3.63, 3.8) is 0 Å². The van der Waals surface area contributed by atoms with E-state index in [1.807, 2.05) is 31.2 Å². The SMILES string of the molecule is CCN(C)C(=O)CN1C(=O)C(N)c2ccccc21. The molecule has 1 atom stereocenters. The number of benzene rings is 1. The van der Waals surface area contributed by atoms with Gasteiger partial charge in [0, 0.05) is 24.8 Å². The van der Waals surface area contributed by atoms with Gasteiger partial charge in [0.15, 0.2) is 0 Å². The average Bonchev–Trinajstić information content (AvgIpc) is 2.63. The van der Waals surface area contributed by atoms with E-state index < -0.39 is 6.04 Å². The van der Waals surface area contributed by atoms with E-state index in [1.54, 1.807) is 11.9 Å². The topological polar surface area (TPSA) is 66.6 Å². The van der Waals surface area contributed by atoms with Crippen molar-refractivity contribution in [2.75, 3.05) is 25.0 Å². The van der Waals surface area contributed by atoms with Gasteiger partial charge in [0.05, 0.1) is 0 Å². The third-order valence-corrected chi connectivity index (χ3v) is 3.29. The van der Waals surface area contributed by atoms with Crippen LogP contribution in [0, 0.1) is 0 Å². The van der Waals surface area contributed by atoms with Crippen molar-refractivity contribution in [2.45, 2.75) is 13.0 Å². The molecular weight excluding hydrogens is 230 g/mol. The van der Waals surface area contributed by atoms with Crippen molar-refractivity contribution in [1.82, 2.24) is 4.90 Å². The molecule has 0 saturated heterocycles. The number of para-hydroxylation sites is 1. The fourth-order valence-corrected chi connectivity index (χ4v) is 2.01. The van der Waals surface area contributed by atoms with Crippen LogP contribution in [0.2, 0.25) is 0 Å². The second-order valence-electron chi connectivity index (χ2n) is 4.37. The molecule has 5 heteroatoms. The molecule has 0 bridgehead atoms. The third-order valence-electron chi connectivity index (χ3n) is 3.29. The monoisotopic (exact) mass is 247 g/mol. The molecule has 1 aliphatic heterocycles. The Bertz CT molecular complexity index is 487. The molecule has 0 spiro atoms. The highest BCUT2D eigenvalue weighted by Gasteiger charge is 2.35. The van der Waals surface area contributed by atoms with Gasteiger partial charge in [-0.25, -0.2) is 0 Å². The smallest absolute Gasteiger partial charge is 0.249 e. The molecule has 2 rings (SSSR count). The first-order chi connectivity index (χ1) is 8.56. The maximum absolute atomic E-state index is 12.0. The second-order valence-corrected chi connectivity index (χ2v) is 4.37. The molecule has 5 nitrogen and oxygen atoms in total. The largest absolute Gasteiger partial charge is 0.344 e. The number of anilines is 1. The highest BCUT2D eigenvalue weighted by Crippen LogP contribution is 2.33. The van der Waals surface area contributed by atoms with Gasteiger partial charge in [-0.05, 0) is 13.0 Å². The number of rotatable bonds is 3. The van der Waals surface area contributed by atoms with Crippen LogP contribution in [0.3, 0.4) is 0 Å². The van der Waals surface area contributed by atoms with Crippen LogP contribution in [0.4, 0.5) is 5.69 Å². The summed E-state index contributed by atoms with van der Waals surface area (Å²) in [5.41, 5.74) is 7.38. The van der Waals surface area contributed by atoms with E-state index in [9.17, 15) is 9.59 Å². The van der Waals surface area contributed by atoms with Crippen LogP contribution in [0.15, 0.2) is 24.3 Å². The Hall–Kier alpha value is -1.88. The Kier molecular flexibility index (Phi) is 3.34. The molecule has 0 aliphatic carbocycles. The Morgan fingerprint density at radius 3 is 2.78 bits per heavy atom. The molecule has 1 aromatic rings. The van der Waals surface area contributed by atoms with Crippen LogP contribution in [0.25, 0.3) is 0 Å². The number of fused-ring (bicyclic) bond motifs is 1. The summed E-state index contributed by atoms with van der Waals surface area (Å²) in [7, 11) is 1.72. The first-order valence-electron chi connectivity index (χ1n) is 5.96. The van der Waals surface area contributed by atoms with Crippen molar-refractivity contribution in [1.29, 1.82) is 0 Å². The van der Waals surface area contributed by atoms with Gasteiger partial charge in [-0.3, -0.25) is 9.59 Å². The van der Waals surface area contributed by atoms with E-state index in [0.717, 1.165) is 11.3 Å². The fourth-order valence-electron chi connectivity index (χ4n) is 2.01. The molecule has 96 valence electrons. The van der Waals surface area contributed by atoms with Gasteiger partial charge in [0.1, 0.15) is 12.6 Å². The Balaban J connectivity index is 2.24. The molecule has 1 heterocycles. The summed E-state index contributed by atoms with van der Waals surface area (Å²) in [5.74, 6) is -0.302. The quantitative estimate of drug-likeness (QED) is 0.846. The lowest BCUT2D eigenvalue weighted by atomic mass is 10.1. The van der Waals surface area contributed by atoms with Gasteiger partial charge in [0.25, 0.3) is 0 Å². The lowest BCUT2D eigenvalue weighted by molar-refractivity contribution is -0.130. The van der Waals surface area contributed by atoms with E-state index in [4.69, 9.17) is 5.73 Å². The number of likely N-dealkylation sites (N-methyl/N-ethyl adjacent to an activating group) is 1. The number of nitrogens with two attached hydrogens (primary N) is 1. The summed E-state index contributed by atoms with van der Waals surface area (Å²) in [6, 6.07) is 6.67. The van der Waals surface area contributed by atoms with Crippen LogP contribution in [-0.4, -0.2) is 36.9 Å². The fraction of sp³-hybridized carbons (Fsp3) is 0.385. The molecule has 0 fully saturated rings. The molecule has 2 N–H and O–H groups in total. The van der Waals surface area contributed by atoms with Gasteiger partial charge in [-0.2, -0.15) is 0 Å². The van der Waals surface area contributed by atoms with Crippen molar-refractivity contribution in [3.05, 3.63) is 29.8 Å². The minimum absolute atomic E-state index is 0.0495. The van der Waals surface area contributed by atoms with E-state index in [2.05, 4.69) is 0 Å². The van der Waals surface area contributed by atoms with E-state index in [0.29, 0.717) is 6.54 Å². The average molecular weight is 247 g/mol. The predicted octanol–water partition coefficient (Wildman–Crippen LogP) is 0.511. The minimum Gasteiger partial charge on any atom is -0.344 e. The molecule has 2 amide bonds.